The van der Waals surface area contributed by atoms with Gasteiger partial charge < -0.3 is 21.1 Å². The number of benzene rings is 3. The standard InChI is InChI=1S/C32H33N5O3/c1-21(2)18-37-31(38)24-12-15-26(28(17-24)32(39)40-20-22-7-4-3-5-8-22)27-9-6-16-35-29(27)19-36-25-13-10-23(11-14-25)30(33)34/h3-17,21,36H,18-20H2,1-2H3,(H3,33,34)(H,37,38). The molecule has 0 saturated carbocycles. The summed E-state index contributed by atoms with van der Waals surface area (Å²) in [6, 6.07) is 25.4. The van der Waals surface area contributed by atoms with Gasteiger partial charge >= 0.3 is 5.97 Å². The molecule has 0 atom stereocenters. The number of carbonyl (C=O) groups excluding carboxylic acids is 2. The first-order valence-corrected chi connectivity index (χ1v) is 13.1. The maximum atomic E-state index is 13.4. The van der Waals surface area contributed by atoms with Crippen LogP contribution in [0.15, 0.2) is 91.1 Å². The van der Waals surface area contributed by atoms with Crippen molar-refractivity contribution in [2.75, 3.05) is 11.9 Å². The Hall–Kier alpha value is -4.98. The van der Waals surface area contributed by atoms with Crippen molar-refractivity contribution in [1.82, 2.24) is 10.3 Å². The van der Waals surface area contributed by atoms with E-state index in [4.69, 9.17) is 15.9 Å². The highest BCUT2D eigenvalue weighted by Gasteiger charge is 2.20. The van der Waals surface area contributed by atoms with Crippen LogP contribution in [-0.2, 0) is 17.9 Å². The summed E-state index contributed by atoms with van der Waals surface area (Å²) in [5.41, 5.74) is 10.6. The van der Waals surface area contributed by atoms with E-state index in [0.29, 0.717) is 41.4 Å². The summed E-state index contributed by atoms with van der Waals surface area (Å²) in [6.07, 6.45) is 1.69. The zero-order chi connectivity index (χ0) is 28.5. The monoisotopic (exact) mass is 535 g/mol. The average molecular weight is 536 g/mol. The van der Waals surface area contributed by atoms with Gasteiger partial charge in [-0.15, -0.1) is 0 Å². The smallest absolute Gasteiger partial charge is 0.339 e. The lowest BCUT2D eigenvalue weighted by Gasteiger charge is -2.16. The van der Waals surface area contributed by atoms with Gasteiger partial charge in [-0.3, -0.25) is 15.2 Å². The first kappa shape index (κ1) is 28.0. The molecule has 5 N–H and O–H groups in total. The Balaban J connectivity index is 1.64. The highest BCUT2D eigenvalue weighted by Crippen LogP contribution is 2.29. The molecule has 0 bridgehead atoms. The van der Waals surface area contributed by atoms with E-state index in [2.05, 4.69) is 15.6 Å². The van der Waals surface area contributed by atoms with Gasteiger partial charge in [0.2, 0.25) is 0 Å². The maximum absolute atomic E-state index is 13.4. The number of hydrogen-bond donors (Lipinski definition) is 4. The molecule has 8 heteroatoms. The van der Waals surface area contributed by atoms with Gasteiger partial charge in [-0.05, 0) is 59.5 Å². The van der Waals surface area contributed by atoms with Gasteiger partial charge in [0.1, 0.15) is 12.4 Å². The molecule has 0 aliphatic heterocycles. The van der Waals surface area contributed by atoms with Crippen LogP contribution in [0.1, 0.15) is 51.4 Å². The van der Waals surface area contributed by atoms with Crippen molar-refractivity contribution >= 4 is 23.4 Å². The number of amides is 1. The molecule has 0 saturated heterocycles. The number of aromatic nitrogens is 1. The number of anilines is 1. The molecule has 204 valence electrons. The number of carbonyl (C=O) groups is 2. The van der Waals surface area contributed by atoms with E-state index in [9.17, 15) is 9.59 Å². The summed E-state index contributed by atoms with van der Waals surface area (Å²) in [4.78, 5) is 30.8. The van der Waals surface area contributed by atoms with Crippen LogP contribution < -0.4 is 16.4 Å². The first-order chi connectivity index (χ1) is 19.3. The summed E-state index contributed by atoms with van der Waals surface area (Å²) in [7, 11) is 0. The lowest BCUT2D eigenvalue weighted by Crippen LogP contribution is -2.27. The van der Waals surface area contributed by atoms with Crippen molar-refractivity contribution in [2.24, 2.45) is 11.7 Å². The number of rotatable bonds is 11. The van der Waals surface area contributed by atoms with Gasteiger partial charge in [0, 0.05) is 35.1 Å². The van der Waals surface area contributed by atoms with E-state index in [0.717, 1.165) is 16.8 Å². The van der Waals surface area contributed by atoms with Crippen LogP contribution in [0.5, 0.6) is 0 Å². The molecule has 3 aromatic carbocycles. The van der Waals surface area contributed by atoms with Crippen LogP contribution in [0.4, 0.5) is 5.69 Å². The van der Waals surface area contributed by atoms with E-state index in [-0.39, 0.29) is 23.9 Å². The number of hydrogen-bond acceptors (Lipinski definition) is 6. The van der Waals surface area contributed by atoms with E-state index in [1.807, 2.05) is 68.4 Å². The van der Waals surface area contributed by atoms with Crippen LogP contribution in [0.2, 0.25) is 0 Å². The number of nitrogen functional groups attached to an aromatic ring is 1. The van der Waals surface area contributed by atoms with Gasteiger partial charge in [-0.2, -0.15) is 0 Å². The Morgan fingerprint density at radius 2 is 1.65 bits per heavy atom. The zero-order valence-electron chi connectivity index (χ0n) is 22.6. The van der Waals surface area contributed by atoms with Crippen LogP contribution in [0.3, 0.4) is 0 Å². The van der Waals surface area contributed by atoms with E-state index < -0.39 is 5.97 Å². The number of nitrogens with two attached hydrogens (primary N) is 1. The van der Waals surface area contributed by atoms with Crippen LogP contribution in [0.25, 0.3) is 11.1 Å². The lowest BCUT2D eigenvalue weighted by molar-refractivity contribution is 0.0473. The maximum Gasteiger partial charge on any atom is 0.339 e. The molecule has 0 unspecified atom stereocenters. The van der Waals surface area contributed by atoms with Crippen LogP contribution >= 0.6 is 0 Å². The van der Waals surface area contributed by atoms with Crippen molar-refractivity contribution in [3.05, 3.63) is 119 Å². The van der Waals surface area contributed by atoms with Crippen LogP contribution in [-0.4, -0.2) is 29.2 Å². The molecule has 1 amide bonds. The Morgan fingerprint density at radius 3 is 2.35 bits per heavy atom. The Kier molecular flexibility index (Phi) is 9.25. The number of nitrogens with zero attached hydrogens (tertiary/aromatic N) is 1. The zero-order valence-corrected chi connectivity index (χ0v) is 22.6. The second kappa shape index (κ2) is 13.2. The molecule has 8 nitrogen and oxygen atoms in total. The quantitative estimate of drug-likeness (QED) is 0.116. The van der Waals surface area contributed by atoms with Crippen molar-refractivity contribution in [2.45, 2.75) is 27.0 Å². The van der Waals surface area contributed by atoms with Gasteiger partial charge in [0.15, 0.2) is 0 Å². The van der Waals surface area contributed by atoms with Crippen molar-refractivity contribution < 1.29 is 14.3 Å². The van der Waals surface area contributed by atoms with E-state index in [1.165, 1.54) is 0 Å². The molecule has 0 radical (unpaired) electrons. The summed E-state index contributed by atoms with van der Waals surface area (Å²) in [5, 5.41) is 13.8. The molecular formula is C32H33N5O3. The minimum absolute atomic E-state index is 0.00609. The summed E-state index contributed by atoms with van der Waals surface area (Å²) in [5.74, 6) is -0.478. The second-order valence-corrected chi connectivity index (χ2v) is 9.77. The fourth-order valence-corrected chi connectivity index (χ4v) is 4.07. The molecule has 1 heterocycles. The third-order valence-electron chi connectivity index (χ3n) is 6.22. The minimum atomic E-state index is -0.528. The SMILES string of the molecule is CC(C)CNC(=O)c1ccc(-c2cccnc2CNc2ccc(C(=N)N)cc2)c(C(=O)OCc2ccccc2)c1. The Bertz CT molecular complexity index is 1480. The molecular weight excluding hydrogens is 502 g/mol. The molecule has 4 rings (SSSR count). The molecule has 4 aromatic rings. The average Bonchev–Trinajstić information content (AvgIpc) is 2.98. The van der Waals surface area contributed by atoms with E-state index in [1.54, 1.807) is 36.5 Å². The first-order valence-electron chi connectivity index (χ1n) is 13.1. The summed E-state index contributed by atoms with van der Waals surface area (Å²) in [6.45, 7) is 5.06. The highest BCUT2D eigenvalue weighted by atomic mass is 16.5. The number of esters is 1. The molecule has 0 aliphatic carbocycles. The van der Waals surface area contributed by atoms with Gasteiger partial charge in [0.05, 0.1) is 17.8 Å². The topological polar surface area (TPSA) is 130 Å². The van der Waals surface area contributed by atoms with E-state index >= 15 is 0 Å². The second-order valence-electron chi connectivity index (χ2n) is 9.77. The molecule has 1 aromatic heterocycles. The predicted molar refractivity (Wildman–Crippen MR) is 157 cm³/mol. The molecule has 0 fully saturated rings. The largest absolute Gasteiger partial charge is 0.457 e. The highest BCUT2D eigenvalue weighted by molar-refractivity contribution is 6.02. The number of pyridine rings is 1. The normalized spacial score (nSPS) is 10.7. The third-order valence-corrected chi connectivity index (χ3v) is 6.22. The molecule has 0 spiro atoms. The van der Waals surface area contributed by atoms with Crippen LogP contribution in [0, 0.1) is 11.3 Å². The van der Waals surface area contributed by atoms with Gasteiger partial charge in [0.25, 0.3) is 5.91 Å². The fraction of sp³-hybridized carbons (Fsp3) is 0.188. The number of ether oxygens (including phenoxy) is 1. The lowest BCUT2D eigenvalue weighted by atomic mass is 9.95. The molecule has 0 aliphatic rings. The van der Waals surface area contributed by atoms with Gasteiger partial charge in [-0.1, -0.05) is 56.3 Å². The van der Waals surface area contributed by atoms with Crippen molar-refractivity contribution in [3.63, 3.8) is 0 Å². The fourth-order valence-electron chi connectivity index (χ4n) is 4.07. The number of nitrogens with one attached hydrogen (secondary N) is 3. The minimum Gasteiger partial charge on any atom is -0.457 e. The Morgan fingerprint density at radius 1 is 0.925 bits per heavy atom. The van der Waals surface area contributed by atoms with Crippen molar-refractivity contribution in [1.29, 1.82) is 5.41 Å². The number of amidine groups is 1. The third kappa shape index (κ3) is 7.32. The predicted octanol–water partition coefficient (Wildman–Crippen LogP) is 5.39. The molecule has 40 heavy (non-hydrogen) atoms. The summed E-state index contributed by atoms with van der Waals surface area (Å²) >= 11 is 0. The summed E-state index contributed by atoms with van der Waals surface area (Å²) < 4.78 is 5.67. The Labute approximate surface area is 234 Å². The van der Waals surface area contributed by atoms with Crippen molar-refractivity contribution in [3.8, 4) is 11.1 Å². The van der Waals surface area contributed by atoms with Gasteiger partial charge in [-0.25, -0.2) is 4.79 Å².